The summed E-state index contributed by atoms with van der Waals surface area (Å²) in [5.41, 5.74) is 5.96. The molecule has 0 aliphatic heterocycles. The molecule has 5 nitrogen and oxygen atoms in total. The standard InChI is InChI=1S/C13H12ClF2N3O2/c14-9-3-1-2-8(6-9)7-11(21-13(17)20)10-4-5-19(18-10)12(15)16/h1-6,11-12H,7H2,(H2,17,20). The van der Waals surface area contributed by atoms with Crippen molar-refractivity contribution in [2.24, 2.45) is 5.73 Å². The minimum absolute atomic E-state index is 0.189. The molecule has 1 heterocycles. The van der Waals surface area contributed by atoms with Gasteiger partial charge in [-0.15, -0.1) is 0 Å². The van der Waals surface area contributed by atoms with Crippen LogP contribution in [0, 0.1) is 0 Å². The molecule has 1 aromatic heterocycles. The van der Waals surface area contributed by atoms with Crippen molar-refractivity contribution in [3.63, 3.8) is 0 Å². The number of primary amides is 1. The molecule has 1 amide bonds. The van der Waals surface area contributed by atoms with Crippen LogP contribution in [-0.4, -0.2) is 15.9 Å². The Kier molecular flexibility index (Phi) is 4.74. The number of nitrogens with two attached hydrogens (primary N) is 1. The Morgan fingerprint density at radius 3 is 2.76 bits per heavy atom. The van der Waals surface area contributed by atoms with Crippen molar-refractivity contribution >= 4 is 17.7 Å². The highest BCUT2D eigenvalue weighted by Crippen LogP contribution is 2.23. The molecule has 1 aromatic carbocycles. The summed E-state index contributed by atoms with van der Waals surface area (Å²) < 4.78 is 30.5. The molecule has 1 unspecified atom stereocenters. The average Bonchev–Trinajstić information content (AvgIpc) is 2.87. The predicted octanol–water partition coefficient (Wildman–Crippen LogP) is 3.31. The largest absolute Gasteiger partial charge is 0.439 e. The number of benzene rings is 1. The summed E-state index contributed by atoms with van der Waals surface area (Å²) in [6.45, 7) is -2.76. The van der Waals surface area contributed by atoms with Crippen molar-refractivity contribution in [3.8, 4) is 0 Å². The topological polar surface area (TPSA) is 70.1 Å². The average molecular weight is 316 g/mol. The zero-order chi connectivity index (χ0) is 15.4. The number of halogens is 3. The molecule has 0 aliphatic rings. The maximum Gasteiger partial charge on any atom is 0.405 e. The Morgan fingerprint density at radius 2 is 2.19 bits per heavy atom. The van der Waals surface area contributed by atoms with Gasteiger partial charge in [-0.1, -0.05) is 23.7 Å². The third kappa shape index (κ3) is 4.16. The van der Waals surface area contributed by atoms with Crippen LogP contribution in [0.1, 0.15) is 23.9 Å². The molecule has 0 aliphatic carbocycles. The van der Waals surface area contributed by atoms with E-state index in [2.05, 4.69) is 5.10 Å². The number of aromatic nitrogens is 2. The van der Waals surface area contributed by atoms with E-state index < -0.39 is 18.7 Å². The van der Waals surface area contributed by atoms with Gasteiger partial charge >= 0.3 is 12.6 Å². The van der Waals surface area contributed by atoms with Crippen molar-refractivity contribution in [2.75, 3.05) is 0 Å². The highest BCUT2D eigenvalue weighted by Gasteiger charge is 2.20. The van der Waals surface area contributed by atoms with Gasteiger partial charge in [0.25, 0.3) is 0 Å². The quantitative estimate of drug-likeness (QED) is 0.920. The van der Waals surface area contributed by atoms with E-state index in [0.29, 0.717) is 9.70 Å². The molecule has 1 atom stereocenters. The molecule has 8 heteroatoms. The first-order chi connectivity index (χ1) is 9.95. The highest BCUT2D eigenvalue weighted by atomic mass is 35.5. The lowest BCUT2D eigenvalue weighted by Gasteiger charge is -2.14. The maximum absolute atomic E-state index is 12.5. The van der Waals surface area contributed by atoms with Gasteiger partial charge in [0.05, 0.1) is 0 Å². The number of carbonyl (C=O) groups excluding carboxylic acids is 1. The van der Waals surface area contributed by atoms with Crippen LogP contribution in [0.3, 0.4) is 0 Å². The van der Waals surface area contributed by atoms with E-state index >= 15 is 0 Å². The molecule has 0 radical (unpaired) electrons. The van der Waals surface area contributed by atoms with Crippen LogP contribution in [0.4, 0.5) is 13.6 Å². The second-order valence-electron chi connectivity index (χ2n) is 4.26. The SMILES string of the molecule is NC(=O)OC(Cc1cccc(Cl)c1)c1ccn(C(F)F)n1. The van der Waals surface area contributed by atoms with Crippen molar-refractivity contribution < 1.29 is 18.3 Å². The van der Waals surface area contributed by atoms with Gasteiger partial charge in [-0.25, -0.2) is 9.48 Å². The second-order valence-corrected chi connectivity index (χ2v) is 4.69. The Bertz CT molecular complexity index is 633. The van der Waals surface area contributed by atoms with Crippen molar-refractivity contribution in [1.82, 2.24) is 9.78 Å². The van der Waals surface area contributed by atoms with Crippen LogP contribution >= 0.6 is 11.6 Å². The van der Waals surface area contributed by atoms with Gasteiger partial charge in [-0.3, -0.25) is 0 Å². The van der Waals surface area contributed by atoms with Gasteiger partial charge in [0.15, 0.2) is 6.10 Å². The van der Waals surface area contributed by atoms with Gasteiger partial charge in [0.2, 0.25) is 0 Å². The molecule has 112 valence electrons. The third-order valence-corrected chi connectivity index (χ3v) is 2.96. The van der Waals surface area contributed by atoms with Crippen molar-refractivity contribution in [3.05, 3.63) is 52.8 Å². The summed E-state index contributed by atoms with van der Waals surface area (Å²) in [6.07, 6.45) is -0.534. The maximum atomic E-state index is 12.5. The molecular weight excluding hydrogens is 304 g/mol. The van der Waals surface area contributed by atoms with Crippen LogP contribution in [0.15, 0.2) is 36.5 Å². The van der Waals surface area contributed by atoms with Gasteiger partial charge in [-0.2, -0.15) is 13.9 Å². The van der Waals surface area contributed by atoms with E-state index in [1.54, 1.807) is 24.3 Å². The lowest BCUT2D eigenvalue weighted by molar-refractivity contribution is 0.0538. The molecule has 0 saturated carbocycles. The Balaban J connectivity index is 2.23. The summed E-state index contributed by atoms with van der Waals surface area (Å²) in [6, 6.07) is 8.23. The van der Waals surface area contributed by atoms with Crippen molar-refractivity contribution in [2.45, 2.75) is 19.1 Å². The van der Waals surface area contributed by atoms with Gasteiger partial charge in [0.1, 0.15) is 5.69 Å². The zero-order valence-corrected chi connectivity index (χ0v) is 11.5. The highest BCUT2D eigenvalue weighted by molar-refractivity contribution is 6.30. The van der Waals surface area contributed by atoms with Crippen molar-refractivity contribution in [1.29, 1.82) is 0 Å². The normalized spacial score (nSPS) is 12.4. The number of hydrogen-bond acceptors (Lipinski definition) is 3. The fourth-order valence-electron chi connectivity index (χ4n) is 1.86. The number of ether oxygens (including phenoxy) is 1. The number of alkyl halides is 2. The van der Waals surface area contributed by atoms with Crippen LogP contribution in [0.5, 0.6) is 0 Å². The van der Waals surface area contributed by atoms with E-state index in [9.17, 15) is 13.6 Å². The first-order valence-electron chi connectivity index (χ1n) is 5.99. The van der Waals surface area contributed by atoms with Gasteiger partial charge in [0, 0.05) is 17.6 Å². The summed E-state index contributed by atoms with van der Waals surface area (Å²) in [5, 5.41) is 4.20. The number of rotatable bonds is 5. The van der Waals surface area contributed by atoms with Crippen LogP contribution in [0.2, 0.25) is 5.02 Å². The number of hydrogen-bond donors (Lipinski definition) is 1. The van der Waals surface area contributed by atoms with E-state index in [-0.39, 0.29) is 12.1 Å². The lowest BCUT2D eigenvalue weighted by Crippen LogP contribution is -2.19. The number of nitrogens with zero attached hydrogens (tertiary/aromatic N) is 2. The van der Waals surface area contributed by atoms with E-state index in [0.717, 1.165) is 11.8 Å². The molecule has 2 aromatic rings. The molecule has 21 heavy (non-hydrogen) atoms. The fraction of sp³-hybridized carbons (Fsp3) is 0.231. The van der Waals surface area contributed by atoms with Crippen LogP contribution in [0.25, 0.3) is 0 Å². The number of amides is 1. The van der Waals surface area contributed by atoms with Crippen LogP contribution < -0.4 is 5.73 Å². The lowest BCUT2D eigenvalue weighted by atomic mass is 10.1. The predicted molar refractivity (Wildman–Crippen MR) is 72.0 cm³/mol. The van der Waals surface area contributed by atoms with E-state index in [4.69, 9.17) is 22.1 Å². The van der Waals surface area contributed by atoms with Gasteiger partial charge < -0.3 is 10.5 Å². The molecular formula is C13H12ClF2N3O2. The third-order valence-electron chi connectivity index (χ3n) is 2.73. The van der Waals surface area contributed by atoms with Crippen LogP contribution in [-0.2, 0) is 11.2 Å². The monoisotopic (exact) mass is 315 g/mol. The summed E-state index contributed by atoms with van der Waals surface area (Å²) >= 11 is 5.87. The van der Waals surface area contributed by atoms with E-state index in [1.807, 2.05) is 0 Å². The summed E-state index contributed by atoms with van der Waals surface area (Å²) in [7, 11) is 0. The smallest absolute Gasteiger partial charge is 0.405 e. The van der Waals surface area contributed by atoms with E-state index in [1.165, 1.54) is 6.07 Å². The summed E-state index contributed by atoms with van der Waals surface area (Å²) in [5.74, 6) is 0. The molecule has 2 N–H and O–H groups in total. The molecule has 0 bridgehead atoms. The minimum Gasteiger partial charge on any atom is -0.439 e. The Labute approximate surface area is 124 Å². The fourth-order valence-corrected chi connectivity index (χ4v) is 2.07. The molecule has 2 rings (SSSR count). The Morgan fingerprint density at radius 1 is 1.43 bits per heavy atom. The Hall–Kier alpha value is -2.15. The summed E-state index contributed by atoms with van der Waals surface area (Å²) in [4.78, 5) is 11.0. The molecule has 0 saturated heterocycles. The first-order valence-corrected chi connectivity index (χ1v) is 6.37. The number of carbonyl (C=O) groups is 1. The minimum atomic E-state index is -2.76. The molecule has 0 fully saturated rings. The second kappa shape index (κ2) is 6.53. The first kappa shape index (κ1) is 15.2. The molecule has 0 spiro atoms. The van der Waals surface area contributed by atoms with Gasteiger partial charge in [-0.05, 0) is 23.8 Å². The zero-order valence-electron chi connectivity index (χ0n) is 10.7.